The van der Waals surface area contributed by atoms with Crippen LogP contribution in [-0.4, -0.2) is 29.3 Å². The van der Waals surface area contributed by atoms with Crippen molar-refractivity contribution < 1.29 is 13.9 Å². The number of ether oxygens (including phenoxy) is 1. The van der Waals surface area contributed by atoms with Crippen LogP contribution in [0.1, 0.15) is 22.2 Å². The molecule has 140 valence electrons. The zero-order valence-corrected chi connectivity index (χ0v) is 15.7. The van der Waals surface area contributed by atoms with Gasteiger partial charge < -0.3 is 10.1 Å². The van der Waals surface area contributed by atoms with Gasteiger partial charge in [0.25, 0.3) is 5.91 Å². The molecule has 1 aromatic heterocycles. The Hall–Kier alpha value is -2.70. The molecule has 1 unspecified atom stereocenters. The Balaban J connectivity index is 1.73. The minimum atomic E-state index is -0.368. The summed E-state index contributed by atoms with van der Waals surface area (Å²) in [5.41, 5.74) is 2.52. The quantitative estimate of drug-likeness (QED) is 0.695. The zero-order chi connectivity index (χ0) is 19.4. The maximum absolute atomic E-state index is 13.1. The van der Waals surface area contributed by atoms with Crippen molar-refractivity contribution >= 4 is 17.5 Å². The van der Waals surface area contributed by atoms with Crippen molar-refractivity contribution in [2.24, 2.45) is 7.05 Å². The molecule has 0 aliphatic rings. The molecule has 1 heterocycles. The van der Waals surface area contributed by atoms with Crippen LogP contribution in [0.5, 0.6) is 0 Å². The van der Waals surface area contributed by atoms with Crippen LogP contribution >= 0.6 is 11.6 Å². The highest BCUT2D eigenvalue weighted by Gasteiger charge is 2.18. The molecule has 5 nitrogen and oxygen atoms in total. The highest BCUT2D eigenvalue weighted by atomic mass is 35.5. The molecular formula is C20H19ClFN3O2. The number of carbonyl (C=O) groups excluding carboxylic acids is 1. The van der Waals surface area contributed by atoms with Crippen LogP contribution in [0, 0.1) is 5.82 Å². The summed E-state index contributed by atoms with van der Waals surface area (Å²) in [4.78, 5) is 12.6. The van der Waals surface area contributed by atoms with Gasteiger partial charge >= 0.3 is 0 Å². The van der Waals surface area contributed by atoms with Gasteiger partial charge in [-0.2, -0.15) is 5.10 Å². The number of carbonyl (C=O) groups is 1. The van der Waals surface area contributed by atoms with E-state index >= 15 is 0 Å². The number of halogens is 2. The first kappa shape index (κ1) is 19.1. The summed E-state index contributed by atoms with van der Waals surface area (Å²) in [6.07, 6.45) is -0.368. The van der Waals surface area contributed by atoms with E-state index in [0.717, 1.165) is 11.1 Å². The zero-order valence-electron chi connectivity index (χ0n) is 14.9. The van der Waals surface area contributed by atoms with E-state index in [4.69, 9.17) is 16.3 Å². The molecule has 0 aliphatic carbocycles. The third-order valence-electron chi connectivity index (χ3n) is 4.24. The molecular weight excluding hydrogens is 369 g/mol. The van der Waals surface area contributed by atoms with Gasteiger partial charge in [0.1, 0.15) is 17.6 Å². The lowest BCUT2D eigenvalue weighted by Gasteiger charge is -2.17. The molecule has 1 atom stereocenters. The van der Waals surface area contributed by atoms with E-state index in [1.165, 1.54) is 16.8 Å². The van der Waals surface area contributed by atoms with Gasteiger partial charge in [-0.05, 0) is 36.4 Å². The van der Waals surface area contributed by atoms with Gasteiger partial charge in [0.05, 0.1) is 5.69 Å². The number of hydrogen-bond acceptors (Lipinski definition) is 3. The van der Waals surface area contributed by atoms with E-state index in [-0.39, 0.29) is 24.4 Å². The van der Waals surface area contributed by atoms with Crippen molar-refractivity contribution in [2.75, 3.05) is 13.7 Å². The van der Waals surface area contributed by atoms with E-state index < -0.39 is 0 Å². The van der Waals surface area contributed by atoms with Crippen molar-refractivity contribution in [3.63, 3.8) is 0 Å². The third-order valence-corrected chi connectivity index (χ3v) is 4.58. The van der Waals surface area contributed by atoms with E-state index in [1.54, 1.807) is 38.4 Å². The maximum atomic E-state index is 13.1. The summed E-state index contributed by atoms with van der Waals surface area (Å²) in [5.74, 6) is -0.606. The number of aryl methyl sites for hydroxylation is 1. The fourth-order valence-corrected chi connectivity index (χ4v) is 3.03. The van der Waals surface area contributed by atoms with Gasteiger partial charge in [-0.3, -0.25) is 9.48 Å². The summed E-state index contributed by atoms with van der Waals surface area (Å²) in [6.45, 7) is 0.260. The molecule has 0 spiro atoms. The fraction of sp³-hybridized carbons (Fsp3) is 0.200. The van der Waals surface area contributed by atoms with Gasteiger partial charge in [0, 0.05) is 36.9 Å². The van der Waals surface area contributed by atoms with Crippen molar-refractivity contribution in [1.29, 1.82) is 0 Å². The fourth-order valence-electron chi connectivity index (χ4n) is 2.77. The lowest BCUT2D eigenvalue weighted by molar-refractivity contribution is 0.0821. The first-order valence-corrected chi connectivity index (χ1v) is 8.72. The highest BCUT2D eigenvalue weighted by molar-refractivity contribution is 6.31. The topological polar surface area (TPSA) is 56.1 Å². The highest BCUT2D eigenvalue weighted by Crippen LogP contribution is 2.24. The summed E-state index contributed by atoms with van der Waals surface area (Å²) < 4.78 is 20.0. The first-order valence-electron chi connectivity index (χ1n) is 8.35. The Morgan fingerprint density at radius 3 is 2.63 bits per heavy atom. The SMILES string of the molecule is COC(CNC(=O)c1cc(-c2ccc(F)cc2)nn1C)c1ccccc1Cl. The normalized spacial score (nSPS) is 12.0. The lowest BCUT2D eigenvalue weighted by Crippen LogP contribution is -2.30. The largest absolute Gasteiger partial charge is 0.375 e. The van der Waals surface area contributed by atoms with Crippen LogP contribution in [0.4, 0.5) is 4.39 Å². The Kier molecular flexibility index (Phi) is 5.88. The first-order chi connectivity index (χ1) is 13.0. The van der Waals surface area contributed by atoms with Gasteiger partial charge in [0.2, 0.25) is 0 Å². The monoisotopic (exact) mass is 387 g/mol. The van der Waals surface area contributed by atoms with Crippen molar-refractivity contribution in [2.45, 2.75) is 6.10 Å². The molecule has 0 aliphatic heterocycles. The third kappa shape index (κ3) is 4.35. The van der Waals surface area contributed by atoms with Crippen LogP contribution in [-0.2, 0) is 11.8 Å². The summed E-state index contributed by atoms with van der Waals surface area (Å²) in [6, 6.07) is 15.0. The predicted molar refractivity (Wildman–Crippen MR) is 102 cm³/mol. The van der Waals surface area contributed by atoms with Crippen LogP contribution in [0.3, 0.4) is 0 Å². The van der Waals surface area contributed by atoms with Gasteiger partial charge in [0.15, 0.2) is 0 Å². The Bertz CT molecular complexity index is 941. The number of rotatable bonds is 6. The van der Waals surface area contributed by atoms with Gasteiger partial charge in [-0.25, -0.2) is 4.39 Å². The van der Waals surface area contributed by atoms with E-state index in [2.05, 4.69) is 10.4 Å². The second kappa shape index (κ2) is 8.33. The standard InChI is InChI=1S/C20H19ClFN3O2/c1-25-18(11-17(24-25)13-7-9-14(22)10-8-13)20(26)23-12-19(27-2)15-5-3-4-6-16(15)21/h3-11,19H,12H2,1-2H3,(H,23,26). The molecule has 0 radical (unpaired) electrons. The lowest BCUT2D eigenvalue weighted by atomic mass is 10.1. The maximum Gasteiger partial charge on any atom is 0.269 e. The molecule has 7 heteroatoms. The molecule has 0 saturated heterocycles. The number of amides is 1. The molecule has 1 amide bonds. The number of nitrogens with one attached hydrogen (secondary N) is 1. The number of nitrogens with zero attached hydrogens (tertiary/aromatic N) is 2. The Morgan fingerprint density at radius 2 is 1.96 bits per heavy atom. The number of aromatic nitrogens is 2. The van der Waals surface area contributed by atoms with Crippen LogP contribution in [0.25, 0.3) is 11.3 Å². The number of hydrogen-bond donors (Lipinski definition) is 1. The molecule has 3 aromatic rings. The van der Waals surface area contributed by atoms with E-state index in [9.17, 15) is 9.18 Å². The second-order valence-corrected chi connectivity index (χ2v) is 6.41. The minimum Gasteiger partial charge on any atom is -0.375 e. The predicted octanol–water partition coefficient (Wildman–Crippen LogP) is 4.00. The smallest absolute Gasteiger partial charge is 0.269 e. The number of methoxy groups -OCH3 is 1. The number of benzene rings is 2. The molecule has 1 N–H and O–H groups in total. The van der Waals surface area contributed by atoms with Gasteiger partial charge in [-0.15, -0.1) is 0 Å². The molecule has 0 fully saturated rings. The summed E-state index contributed by atoms with van der Waals surface area (Å²) in [5, 5.41) is 7.76. The van der Waals surface area contributed by atoms with Crippen molar-refractivity contribution in [3.05, 3.63) is 76.7 Å². The van der Waals surface area contributed by atoms with Crippen LogP contribution in [0.2, 0.25) is 5.02 Å². The van der Waals surface area contributed by atoms with Crippen molar-refractivity contribution in [1.82, 2.24) is 15.1 Å². The Labute approximate surface area is 161 Å². The molecule has 0 bridgehead atoms. The molecule has 0 saturated carbocycles. The van der Waals surface area contributed by atoms with Crippen LogP contribution in [0.15, 0.2) is 54.6 Å². The second-order valence-electron chi connectivity index (χ2n) is 6.00. The molecule has 27 heavy (non-hydrogen) atoms. The molecule has 2 aromatic carbocycles. The summed E-state index contributed by atoms with van der Waals surface area (Å²) >= 11 is 6.20. The van der Waals surface area contributed by atoms with E-state index in [1.807, 2.05) is 18.2 Å². The average Bonchev–Trinajstić information content (AvgIpc) is 3.05. The van der Waals surface area contributed by atoms with Crippen molar-refractivity contribution in [3.8, 4) is 11.3 Å². The van der Waals surface area contributed by atoms with Crippen LogP contribution < -0.4 is 5.32 Å². The van der Waals surface area contributed by atoms with Gasteiger partial charge in [-0.1, -0.05) is 29.8 Å². The average molecular weight is 388 g/mol. The Morgan fingerprint density at radius 1 is 1.26 bits per heavy atom. The van der Waals surface area contributed by atoms with E-state index in [0.29, 0.717) is 16.4 Å². The molecule has 3 rings (SSSR count). The minimum absolute atomic E-state index is 0.260. The summed E-state index contributed by atoms with van der Waals surface area (Å²) in [7, 11) is 3.25.